The molecule has 0 saturated heterocycles. The van der Waals surface area contributed by atoms with Gasteiger partial charge in [-0.1, -0.05) is 63.6 Å². The molecule has 1 aliphatic carbocycles. The summed E-state index contributed by atoms with van der Waals surface area (Å²) >= 11 is 0. The SMILES string of the molecule is C=CC1=C(c2ccc(CCC)cc2)C(F)(F)C(CCC)CC1. The third-order valence-electron chi connectivity index (χ3n) is 4.59. The van der Waals surface area contributed by atoms with Crippen molar-refractivity contribution in [1.29, 1.82) is 0 Å². The van der Waals surface area contributed by atoms with Gasteiger partial charge in [0.2, 0.25) is 0 Å². The predicted octanol–water partition coefficient (Wildman–Crippen LogP) is 6.42. The Morgan fingerprint density at radius 1 is 1.18 bits per heavy atom. The van der Waals surface area contributed by atoms with E-state index in [0.717, 1.165) is 19.3 Å². The predicted molar refractivity (Wildman–Crippen MR) is 90.1 cm³/mol. The first-order valence-electron chi connectivity index (χ1n) is 8.37. The van der Waals surface area contributed by atoms with Gasteiger partial charge in [-0.25, -0.2) is 8.78 Å². The number of rotatable bonds is 6. The van der Waals surface area contributed by atoms with Crippen LogP contribution in [0, 0.1) is 5.92 Å². The Kier molecular flexibility index (Phi) is 5.55. The normalized spacial score (nSPS) is 21.0. The van der Waals surface area contributed by atoms with Gasteiger partial charge in [0.05, 0.1) is 0 Å². The molecular formula is C20H26F2. The van der Waals surface area contributed by atoms with Crippen LogP contribution in [0.5, 0.6) is 0 Å². The summed E-state index contributed by atoms with van der Waals surface area (Å²) in [6.07, 6.45) is 6.30. The van der Waals surface area contributed by atoms with Gasteiger partial charge in [0.25, 0.3) is 5.92 Å². The summed E-state index contributed by atoms with van der Waals surface area (Å²) < 4.78 is 30.0. The second kappa shape index (κ2) is 7.21. The molecule has 0 fully saturated rings. The maximum Gasteiger partial charge on any atom is 0.276 e. The van der Waals surface area contributed by atoms with Crippen molar-refractivity contribution in [3.05, 3.63) is 53.6 Å². The zero-order valence-electron chi connectivity index (χ0n) is 13.7. The summed E-state index contributed by atoms with van der Waals surface area (Å²) in [5.41, 5.74) is 2.77. The van der Waals surface area contributed by atoms with Gasteiger partial charge in [-0.05, 0) is 42.4 Å². The fraction of sp³-hybridized carbons (Fsp3) is 0.500. The number of halogens is 2. The lowest BCUT2D eigenvalue weighted by Crippen LogP contribution is -2.33. The number of aryl methyl sites for hydroxylation is 1. The van der Waals surface area contributed by atoms with Gasteiger partial charge in [-0.3, -0.25) is 0 Å². The highest BCUT2D eigenvalue weighted by atomic mass is 19.3. The Bertz CT molecular complexity index is 537. The van der Waals surface area contributed by atoms with Crippen LogP contribution in [0.2, 0.25) is 0 Å². The quantitative estimate of drug-likeness (QED) is 0.568. The van der Waals surface area contributed by atoms with Gasteiger partial charge >= 0.3 is 0 Å². The minimum atomic E-state index is -2.76. The van der Waals surface area contributed by atoms with Crippen LogP contribution < -0.4 is 0 Å². The van der Waals surface area contributed by atoms with Crippen molar-refractivity contribution in [2.45, 2.75) is 58.3 Å². The van der Waals surface area contributed by atoms with E-state index >= 15 is 0 Å². The Hall–Kier alpha value is -1.44. The molecule has 0 nitrogen and oxygen atoms in total. The summed E-state index contributed by atoms with van der Waals surface area (Å²) in [5.74, 6) is -3.31. The van der Waals surface area contributed by atoms with E-state index < -0.39 is 11.8 Å². The number of alkyl halides is 2. The lowest BCUT2D eigenvalue weighted by Gasteiger charge is -2.35. The van der Waals surface area contributed by atoms with E-state index in [-0.39, 0.29) is 5.57 Å². The molecule has 2 rings (SSSR count). The maximum atomic E-state index is 15.0. The summed E-state index contributed by atoms with van der Waals surface area (Å²) in [6.45, 7) is 7.85. The zero-order chi connectivity index (χ0) is 16.2. The highest BCUT2D eigenvalue weighted by Gasteiger charge is 2.46. The van der Waals surface area contributed by atoms with Crippen molar-refractivity contribution in [3.63, 3.8) is 0 Å². The Morgan fingerprint density at radius 2 is 1.86 bits per heavy atom. The lowest BCUT2D eigenvalue weighted by molar-refractivity contribution is -0.0114. The van der Waals surface area contributed by atoms with Crippen molar-refractivity contribution in [2.75, 3.05) is 0 Å². The van der Waals surface area contributed by atoms with E-state index in [2.05, 4.69) is 13.5 Å². The minimum absolute atomic E-state index is 0.204. The van der Waals surface area contributed by atoms with Crippen LogP contribution in [-0.4, -0.2) is 5.92 Å². The average molecular weight is 304 g/mol. The number of hydrogen-bond acceptors (Lipinski definition) is 0. The summed E-state index contributed by atoms with van der Waals surface area (Å²) in [5, 5.41) is 0. The van der Waals surface area contributed by atoms with Crippen LogP contribution in [0.4, 0.5) is 8.78 Å². The van der Waals surface area contributed by atoms with E-state index in [4.69, 9.17) is 0 Å². The van der Waals surface area contributed by atoms with E-state index in [0.29, 0.717) is 30.4 Å². The Balaban J connectivity index is 2.42. The fourth-order valence-electron chi connectivity index (χ4n) is 3.44. The molecule has 0 aliphatic heterocycles. The number of benzene rings is 1. The Morgan fingerprint density at radius 3 is 2.41 bits per heavy atom. The first-order valence-corrected chi connectivity index (χ1v) is 8.37. The van der Waals surface area contributed by atoms with Crippen molar-refractivity contribution >= 4 is 5.57 Å². The van der Waals surface area contributed by atoms with Crippen LogP contribution in [0.3, 0.4) is 0 Å². The molecule has 1 unspecified atom stereocenters. The Labute approximate surface area is 132 Å². The molecule has 2 heteroatoms. The average Bonchev–Trinajstić information content (AvgIpc) is 2.50. The van der Waals surface area contributed by atoms with Gasteiger partial charge in [-0.2, -0.15) is 0 Å². The fourth-order valence-corrected chi connectivity index (χ4v) is 3.44. The molecule has 0 aromatic heterocycles. The summed E-state index contributed by atoms with van der Waals surface area (Å²) in [6, 6.07) is 7.66. The highest BCUT2D eigenvalue weighted by molar-refractivity contribution is 5.76. The molecule has 0 radical (unpaired) electrons. The summed E-state index contributed by atoms with van der Waals surface area (Å²) in [7, 11) is 0. The molecule has 22 heavy (non-hydrogen) atoms. The first-order chi connectivity index (χ1) is 10.5. The largest absolute Gasteiger partial charge is 0.276 e. The van der Waals surface area contributed by atoms with Crippen molar-refractivity contribution in [2.24, 2.45) is 5.92 Å². The van der Waals surface area contributed by atoms with E-state index in [9.17, 15) is 8.78 Å². The lowest BCUT2D eigenvalue weighted by atomic mass is 9.76. The molecule has 1 aliphatic rings. The molecular weight excluding hydrogens is 278 g/mol. The smallest absolute Gasteiger partial charge is 0.201 e. The maximum absolute atomic E-state index is 15.0. The van der Waals surface area contributed by atoms with Crippen LogP contribution >= 0.6 is 0 Å². The van der Waals surface area contributed by atoms with Crippen molar-refractivity contribution < 1.29 is 8.78 Å². The van der Waals surface area contributed by atoms with Gasteiger partial charge in [0, 0.05) is 11.5 Å². The number of hydrogen-bond donors (Lipinski definition) is 0. The molecule has 1 aromatic carbocycles. The number of allylic oxidation sites excluding steroid dienone is 3. The molecule has 0 saturated carbocycles. The second-order valence-corrected chi connectivity index (χ2v) is 6.20. The molecule has 0 N–H and O–H groups in total. The third kappa shape index (κ3) is 3.31. The molecule has 120 valence electrons. The second-order valence-electron chi connectivity index (χ2n) is 6.20. The van der Waals surface area contributed by atoms with E-state index in [1.807, 2.05) is 31.2 Å². The van der Waals surface area contributed by atoms with Crippen LogP contribution in [0.25, 0.3) is 5.57 Å². The summed E-state index contributed by atoms with van der Waals surface area (Å²) in [4.78, 5) is 0. The first kappa shape index (κ1) is 16.9. The topological polar surface area (TPSA) is 0 Å². The van der Waals surface area contributed by atoms with Crippen LogP contribution in [0.15, 0.2) is 42.5 Å². The molecule has 1 aromatic rings. The molecule has 0 amide bonds. The van der Waals surface area contributed by atoms with Crippen LogP contribution in [-0.2, 0) is 6.42 Å². The van der Waals surface area contributed by atoms with Gasteiger partial charge in [-0.15, -0.1) is 0 Å². The monoisotopic (exact) mass is 304 g/mol. The van der Waals surface area contributed by atoms with Gasteiger partial charge in [0.1, 0.15) is 0 Å². The highest BCUT2D eigenvalue weighted by Crippen LogP contribution is 2.49. The molecule has 0 heterocycles. The standard InChI is InChI=1S/C20H26F2/c1-4-7-15-9-11-17(12-10-15)19-16(6-3)13-14-18(8-5-2)20(19,21)22/h6,9-12,18H,3-5,7-8,13-14H2,1-2H3. The van der Waals surface area contributed by atoms with E-state index in [1.165, 1.54) is 5.56 Å². The molecule has 1 atom stereocenters. The van der Waals surface area contributed by atoms with Crippen LogP contribution in [0.1, 0.15) is 57.1 Å². The third-order valence-corrected chi connectivity index (χ3v) is 4.59. The van der Waals surface area contributed by atoms with Crippen molar-refractivity contribution in [3.8, 4) is 0 Å². The van der Waals surface area contributed by atoms with Crippen molar-refractivity contribution in [1.82, 2.24) is 0 Å². The van der Waals surface area contributed by atoms with E-state index in [1.54, 1.807) is 6.08 Å². The minimum Gasteiger partial charge on any atom is -0.201 e. The van der Waals surface area contributed by atoms with Gasteiger partial charge < -0.3 is 0 Å². The molecule has 0 bridgehead atoms. The molecule has 0 spiro atoms. The van der Waals surface area contributed by atoms with Gasteiger partial charge in [0.15, 0.2) is 0 Å². The zero-order valence-corrected chi connectivity index (χ0v) is 13.7.